The van der Waals surface area contributed by atoms with Gasteiger partial charge in [0.15, 0.2) is 6.29 Å². The van der Waals surface area contributed by atoms with Crippen LogP contribution < -0.4 is 0 Å². The fourth-order valence-electron chi connectivity index (χ4n) is 1.01. The van der Waals surface area contributed by atoms with Gasteiger partial charge in [0.2, 0.25) is 0 Å². The molecule has 62 valence electrons. The van der Waals surface area contributed by atoms with Crippen LogP contribution in [-0.4, -0.2) is 16.5 Å². The highest BCUT2D eigenvalue weighted by Gasteiger charge is 2.14. The van der Waals surface area contributed by atoms with Crippen LogP contribution in [-0.2, 0) is 0 Å². The van der Waals surface area contributed by atoms with Crippen LogP contribution in [0.3, 0.4) is 0 Å². The predicted molar refractivity (Wildman–Crippen MR) is 46.2 cm³/mol. The van der Waals surface area contributed by atoms with Crippen molar-refractivity contribution < 1.29 is 10.2 Å². The van der Waals surface area contributed by atoms with Crippen molar-refractivity contribution in [3.63, 3.8) is 0 Å². The zero-order valence-electron chi connectivity index (χ0n) is 6.51. The predicted octanol–water partition coefficient (Wildman–Crippen LogP) is 0.714. The highest BCUT2D eigenvalue weighted by atomic mass is 16.5. The first-order valence-electron chi connectivity index (χ1n) is 3.63. The summed E-state index contributed by atoms with van der Waals surface area (Å²) >= 11 is 0. The molecule has 0 aliphatic rings. The van der Waals surface area contributed by atoms with Crippen LogP contribution in [0.5, 0.6) is 0 Å². The van der Waals surface area contributed by atoms with Crippen LogP contribution in [0.2, 0.25) is 0 Å². The van der Waals surface area contributed by atoms with Crippen molar-refractivity contribution in [1.29, 1.82) is 0 Å². The second-order valence-corrected chi connectivity index (χ2v) is 2.47. The molecule has 0 saturated heterocycles. The van der Waals surface area contributed by atoms with Gasteiger partial charge in [0, 0.05) is 0 Å². The number of aliphatic hydroxyl groups is 2. The summed E-state index contributed by atoms with van der Waals surface area (Å²) in [7, 11) is 0. The summed E-state index contributed by atoms with van der Waals surface area (Å²) in [6, 6.07) is 9.00. The molecule has 0 saturated carbocycles. The average Bonchev–Trinajstić information content (AvgIpc) is 2.07. The second-order valence-electron chi connectivity index (χ2n) is 2.47. The van der Waals surface area contributed by atoms with Gasteiger partial charge in [-0.3, -0.25) is 0 Å². The summed E-state index contributed by atoms with van der Waals surface area (Å²) in [5, 5.41) is 17.8. The van der Waals surface area contributed by atoms with Gasteiger partial charge in [0.05, 0.1) is 5.92 Å². The lowest BCUT2D eigenvalue weighted by Crippen LogP contribution is -2.15. The molecule has 1 rings (SSSR count). The molecule has 0 aromatic heterocycles. The van der Waals surface area contributed by atoms with Gasteiger partial charge in [-0.1, -0.05) is 36.3 Å². The minimum atomic E-state index is -1.49. The number of aliphatic hydroxyl groups excluding tert-OH is 1. The molecule has 12 heavy (non-hydrogen) atoms. The minimum absolute atomic E-state index is 0.633. The lowest BCUT2D eigenvalue weighted by Gasteiger charge is -2.12. The van der Waals surface area contributed by atoms with Crippen LogP contribution in [0, 0.1) is 12.3 Å². The van der Waals surface area contributed by atoms with E-state index in [0.29, 0.717) is 0 Å². The molecular formula is C10H10O2. The van der Waals surface area contributed by atoms with E-state index in [0.717, 1.165) is 5.56 Å². The molecule has 0 radical (unpaired) electrons. The van der Waals surface area contributed by atoms with Crippen molar-refractivity contribution in [2.45, 2.75) is 12.2 Å². The normalized spacial score (nSPS) is 12.5. The van der Waals surface area contributed by atoms with Gasteiger partial charge in [0.1, 0.15) is 0 Å². The Hall–Kier alpha value is -1.30. The first-order valence-corrected chi connectivity index (χ1v) is 3.63. The van der Waals surface area contributed by atoms with Crippen molar-refractivity contribution in [2.75, 3.05) is 0 Å². The van der Waals surface area contributed by atoms with Gasteiger partial charge < -0.3 is 10.2 Å². The number of terminal acetylenes is 1. The summed E-state index contributed by atoms with van der Waals surface area (Å²) in [6.07, 6.45) is 3.65. The van der Waals surface area contributed by atoms with E-state index in [-0.39, 0.29) is 0 Å². The molecule has 1 unspecified atom stereocenters. The third-order valence-electron chi connectivity index (χ3n) is 1.64. The molecule has 0 amide bonds. The summed E-state index contributed by atoms with van der Waals surface area (Å²) in [4.78, 5) is 0. The number of hydrogen-bond acceptors (Lipinski definition) is 2. The van der Waals surface area contributed by atoms with E-state index in [1.54, 1.807) is 12.1 Å². The average molecular weight is 162 g/mol. The fourth-order valence-corrected chi connectivity index (χ4v) is 1.01. The molecule has 0 aliphatic carbocycles. The van der Waals surface area contributed by atoms with Crippen molar-refractivity contribution in [3.8, 4) is 12.3 Å². The number of rotatable bonds is 2. The number of hydrogen-bond donors (Lipinski definition) is 2. The molecule has 0 spiro atoms. The first-order chi connectivity index (χ1) is 5.75. The Balaban J connectivity index is 2.90. The molecule has 2 nitrogen and oxygen atoms in total. The molecule has 1 atom stereocenters. The van der Waals surface area contributed by atoms with Crippen molar-refractivity contribution in [1.82, 2.24) is 0 Å². The largest absolute Gasteiger partial charge is 0.367 e. The summed E-state index contributed by atoms with van der Waals surface area (Å²) in [6.45, 7) is 0. The van der Waals surface area contributed by atoms with Crippen LogP contribution in [0.1, 0.15) is 11.5 Å². The topological polar surface area (TPSA) is 40.5 Å². The van der Waals surface area contributed by atoms with E-state index in [2.05, 4.69) is 5.92 Å². The van der Waals surface area contributed by atoms with Crippen molar-refractivity contribution in [2.24, 2.45) is 0 Å². The fraction of sp³-hybridized carbons (Fsp3) is 0.200. The van der Waals surface area contributed by atoms with Gasteiger partial charge in [0.25, 0.3) is 0 Å². The highest BCUT2D eigenvalue weighted by Crippen LogP contribution is 2.16. The zero-order chi connectivity index (χ0) is 8.97. The quantitative estimate of drug-likeness (QED) is 0.496. The zero-order valence-corrected chi connectivity index (χ0v) is 6.51. The Bertz CT molecular complexity index is 272. The molecule has 1 aromatic carbocycles. The van der Waals surface area contributed by atoms with Gasteiger partial charge in [-0.05, 0) is 5.56 Å². The van der Waals surface area contributed by atoms with E-state index in [9.17, 15) is 0 Å². The van der Waals surface area contributed by atoms with E-state index < -0.39 is 12.2 Å². The highest BCUT2D eigenvalue weighted by molar-refractivity contribution is 5.26. The van der Waals surface area contributed by atoms with Crippen LogP contribution in [0.15, 0.2) is 30.3 Å². The van der Waals surface area contributed by atoms with Crippen molar-refractivity contribution in [3.05, 3.63) is 35.9 Å². The van der Waals surface area contributed by atoms with E-state index in [1.807, 2.05) is 18.2 Å². The Kier molecular flexibility index (Phi) is 2.87. The van der Waals surface area contributed by atoms with Gasteiger partial charge >= 0.3 is 0 Å². The third kappa shape index (κ3) is 1.85. The SMILES string of the molecule is C#CC(c1ccccc1)C(O)O. The summed E-state index contributed by atoms with van der Waals surface area (Å²) in [5.41, 5.74) is 0.745. The minimum Gasteiger partial charge on any atom is -0.367 e. The summed E-state index contributed by atoms with van der Waals surface area (Å²) < 4.78 is 0. The van der Waals surface area contributed by atoms with Crippen LogP contribution in [0.25, 0.3) is 0 Å². The monoisotopic (exact) mass is 162 g/mol. The van der Waals surface area contributed by atoms with E-state index in [1.165, 1.54) is 0 Å². The van der Waals surface area contributed by atoms with E-state index in [4.69, 9.17) is 16.6 Å². The Morgan fingerprint density at radius 1 is 1.17 bits per heavy atom. The lowest BCUT2D eigenvalue weighted by molar-refractivity contribution is -0.0475. The molecule has 0 aliphatic heterocycles. The molecule has 0 fully saturated rings. The van der Waals surface area contributed by atoms with Crippen LogP contribution >= 0.6 is 0 Å². The maximum Gasteiger partial charge on any atom is 0.169 e. The van der Waals surface area contributed by atoms with Gasteiger partial charge in [-0.25, -0.2) is 0 Å². The van der Waals surface area contributed by atoms with Gasteiger partial charge in [-0.2, -0.15) is 0 Å². The molecule has 2 N–H and O–H groups in total. The standard InChI is InChI=1S/C10H10O2/c1-2-9(10(11)12)8-6-4-3-5-7-8/h1,3-7,9-12H. The van der Waals surface area contributed by atoms with Crippen LogP contribution in [0.4, 0.5) is 0 Å². The lowest BCUT2D eigenvalue weighted by atomic mass is 10.00. The Morgan fingerprint density at radius 3 is 2.17 bits per heavy atom. The smallest absolute Gasteiger partial charge is 0.169 e. The maximum atomic E-state index is 8.88. The second kappa shape index (κ2) is 3.91. The molecule has 1 aromatic rings. The number of benzene rings is 1. The molecule has 0 heterocycles. The van der Waals surface area contributed by atoms with E-state index >= 15 is 0 Å². The first kappa shape index (κ1) is 8.79. The summed E-state index contributed by atoms with van der Waals surface area (Å²) in [5.74, 6) is 1.68. The Labute approximate surface area is 71.5 Å². The molecule has 0 bridgehead atoms. The molecular weight excluding hydrogens is 152 g/mol. The third-order valence-corrected chi connectivity index (χ3v) is 1.64. The maximum absolute atomic E-state index is 8.88. The Morgan fingerprint density at radius 2 is 1.75 bits per heavy atom. The van der Waals surface area contributed by atoms with Crippen molar-refractivity contribution >= 4 is 0 Å². The molecule has 2 heteroatoms. The van der Waals surface area contributed by atoms with Gasteiger partial charge in [-0.15, -0.1) is 6.42 Å².